The quantitative estimate of drug-likeness (QED) is 0.701. The van der Waals surface area contributed by atoms with E-state index in [9.17, 15) is 4.79 Å². The molecule has 5 unspecified atom stereocenters. The zero-order chi connectivity index (χ0) is 22.3. The second kappa shape index (κ2) is 8.64. The Hall–Kier alpha value is -2.17. The Bertz CT molecular complexity index is 941. The molecule has 4 nitrogen and oxygen atoms in total. The van der Waals surface area contributed by atoms with Crippen molar-refractivity contribution in [3.05, 3.63) is 71.3 Å². The summed E-state index contributed by atoms with van der Waals surface area (Å²) in [5.41, 5.74) is 3.27. The summed E-state index contributed by atoms with van der Waals surface area (Å²) in [7, 11) is 0. The summed E-state index contributed by atoms with van der Waals surface area (Å²) in [6, 6.07) is 19.7. The molecule has 5 atom stereocenters. The van der Waals surface area contributed by atoms with Crippen LogP contribution in [0.25, 0.3) is 0 Å². The van der Waals surface area contributed by atoms with Crippen LogP contribution in [-0.2, 0) is 17.8 Å². The van der Waals surface area contributed by atoms with Gasteiger partial charge in [0, 0.05) is 38.1 Å². The van der Waals surface area contributed by atoms with Gasteiger partial charge in [0.2, 0.25) is 5.91 Å². The molecule has 6 rings (SSSR count). The van der Waals surface area contributed by atoms with E-state index in [1.165, 1.54) is 11.1 Å². The van der Waals surface area contributed by atoms with Gasteiger partial charge in [0.25, 0.3) is 0 Å². The highest BCUT2D eigenvalue weighted by molar-refractivity contribution is 5.87. The predicted octanol–water partition coefficient (Wildman–Crippen LogP) is 3.79. The summed E-state index contributed by atoms with van der Waals surface area (Å²) in [5, 5.41) is 7.11. The number of nitrogens with zero attached hydrogens (tertiary/aromatic N) is 1. The first-order valence-corrected chi connectivity index (χ1v) is 12.3. The Labute approximate surface area is 192 Å². The van der Waals surface area contributed by atoms with E-state index in [-0.39, 0.29) is 5.91 Å². The van der Waals surface area contributed by atoms with E-state index >= 15 is 0 Å². The van der Waals surface area contributed by atoms with Crippen molar-refractivity contribution in [1.82, 2.24) is 15.5 Å². The maximum Gasteiger partial charge on any atom is 0.240 e. The minimum absolute atomic E-state index is 0.193. The fourth-order valence-electron chi connectivity index (χ4n) is 6.74. The van der Waals surface area contributed by atoms with Crippen molar-refractivity contribution < 1.29 is 4.79 Å². The van der Waals surface area contributed by atoms with Gasteiger partial charge in [-0.05, 0) is 48.6 Å². The maximum atomic E-state index is 13.9. The molecular weight excluding hydrogens is 394 g/mol. The Kier molecular flexibility index (Phi) is 5.85. The molecule has 4 fully saturated rings. The number of amides is 1. The van der Waals surface area contributed by atoms with Gasteiger partial charge in [-0.15, -0.1) is 0 Å². The van der Waals surface area contributed by atoms with Crippen LogP contribution in [0.3, 0.4) is 0 Å². The number of carbonyl (C=O) groups excluding carboxylic acids is 1. The molecule has 2 N–H and O–H groups in total. The second-order valence-corrected chi connectivity index (χ2v) is 10.8. The topological polar surface area (TPSA) is 44.4 Å². The third-order valence-electron chi connectivity index (χ3n) is 8.09. The summed E-state index contributed by atoms with van der Waals surface area (Å²) in [6.07, 6.45) is 1.91. The van der Waals surface area contributed by atoms with E-state index in [1.54, 1.807) is 0 Å². The number of aryl methyl sites for hydroxylation is 1. The summed E-state index contributed by atoms with van der Waals surface area (Å²) in [4.78, 5) is 16.6. The molecule has 4 aliphatic rings. The number of fused-ring (bicyclic) bond motifs is 1. The molecule has 2 aromatic carbocycles. The van der Waals surface area contributed by atoms with Crippen LogP contribution < -0.4 is 10.6 Å². The first-order chi connectivity index (χ1) is 15.5. The molecule has 32 heavy (non-hydrogen) atoms. The monoisotopic (exact) mass is 431 g/mol. The van der Waals surface area contributed by atoms with Crippen molar-refractivity contribution >= 4 is 5.91 Å². The van der Waals surface area contributed by atoms with Crippen molar-refractivity contribution in [3.8, 4) is 0 Å². The van der Waals surface area contributed by atoms with Gasteiger partial charge in [-0.3, -0.25) is 9.69 Å². The number of carbonyl (C=O) groups is 1. The van der Waals surface area contributed by atoms with Crippen LogP contribution in [0.2, 0.25) is 0 Å². The number of likely N-dealkylation sites (tertiary alicyclic amines) is 1. The van der Waals surface area contributed by atoms with E-state index in [0.717, 1.165) is 38.0 Å². The third-order valence-corrected chi connectivity index (χ3v) is 8.09. The third kappa shape index (κ3) is 3.88. The van der Waals surface area contributed by atoms with Gasteiger partial charge in [0.05, 0.1) is 0 Å². The second-order valence-electron chi connectivity index (χ2n) is 10.8. The van der Waals surface area contributed by atoms with Gasteiger partial charge >= 0.3 is 0 Å². The molecule has 3 saturated heterocycles. The highest BCUT2D eigenvalue weighted by atomic mass is 16.2. The summed E-state index contributed by atoms with van der Waals surface area (Å²) in [6.45, 7) is 10.6. The van der Waals surface area contributed by atoms with Crippen molar-refractivity contribution in [2.24, 2.45) is 23.7 Å². The number of benzene rings is 2. The minimum atomic E-state index is -0.476. The molecule has 1 amide bonds. The first-order valence-electron chi connectivity index (χ1n) is 12.3. The SMILES string of the molecule is Cc1ccc(CNC(=O)C23CC4CN(CC(C)C)C(C4CN2)C3Cc2ccccc2)cc1. The van der Waals surface area contributed by atoms with Crippen molar-refractivity contribution in [2.75, 3.05) is 19.6 Å². The van der Waals surface area contributed by atoms with Crippen LogP contribution in [0.1, 0.15) is 37.0 Å². The number of rotatable bonds is 7. The molecule has 0 spiro atoms. The van der Waals surface area contributed by atoms with Gasteiger partial charge in [0.15, 0.2) is 0 Å². The molecular formula is C28H37N3O. The predicted molar refractivity (Wildman–Crippen MR) is 129 cm³/mol. The van der Waals surface area contributed by atoms with Crippen LogP contribution in [0.5, 0.6) is 0 Å². The lowest BCUT2D eigenvalue weighted by molar-refractivity contribution is -0.138. The Morgan fingerprint density at radius 1 is 1.12 bits per heavy atom. The molecule has 170 valence electrons. The number of nitrogens with one attached hydrogen (secondary N) is 2. The number of piperidine rings is 2. The molecule has 2 aromatic rings. The lowest BCUT2D eigenvalue weighted by atomic mass is 9.58. The lowest BCUT2D eigenvalue weighted by Crippen LogP contribution is -2.74. The van der Waals surface area contributed by atoms with Gasteiger partial charge in [-0.25, -0.2) is 0 Å². The van der Waals surface area contributed by atoms with Crippen LogP contribution in [0.15, 0.2) is 54.6 Å². The average molecular weight is 432 g/mol. The average Bonchev–Trinajstić information content (AvgIpc) is 3.08. The lowest BCUT2D eigenvalue weighted by Gasteiger charge is -2.56. The minimum Gasteiger partial charge on any atom is -0.350 e. The maximum absolute atomic E-state index is 13.9. The first kappa shape index (κ1) is 21.7. The Morgan fingerprint density at radius 3 is 2.59 bits per heavy atom. The van der Waals surface area contributed by atoms with Gasteiger partial charge in [-0.2, -0.15) is 0 Å². The van der Waals surface area contributed by atoms with Crippen LogP contribution in [-0.4, -0.2) is 42.0 Å². The fraction of sp³-hybridized carbons (Fsp3) is 0.536. The summed E-state index contributed by atoms with van der Waals surface area (Å²) < 4.78 is 0. The van der Waals surface area contributed by atoms with E-state index in [0.29, 0.717) is 36.3 Å². The highest BCUT2D eigenvalue weighted by Crippen LogP contribution is 2.53. The molecule has 0 aromatic heterocycles. The van der Waals surface area contributed by atoms with Gasteiger partial charge in [0.1, 0.15) is 5.54 Å². The number of hydrogen-bond donors (Lipinski definition) is 2. The molecule has 1 aliphatic carbocycles. The van der Waals surface area contributed by atoms with Crippen molar-refractivity contribution in [2.45, 2.75) is 51.7 Å². The zero-order valence-corrected chi connectivity index (χ0v) is 19.7. The highest BCUT2D eigenvalue weighted by Gasteiger charge is 2.64. The molecule has 0 radical (unpaired) electrons. The number of hydrogen-bond acceptors (Lipinski definition) is 3. The van der Waals surface area contributed by atoms with Crippen LogP contribution >= 0.6 is 0 Å². The molecule has 3 heterocycles. The zero-order valence-electron chi connectivity index (χ0n) is 19.7. The fourth-order valence-corrected chi connectivity index (χ4v) is 6.74. The molecule has 4 heteroatoms. The Balaban J connectivity index is 1.43. The molecule has 4 bridgehead atoms. The molecule has 1 saturated carbocycles. The van der Waals surface area contributed by atoms with Crippen molar-refractivity contribution in [3.63, 3.8) is 0 Å². The normalized spacial score (nSPS) is 31.2. The van der Waals surface area contributed by atoms with Crippen LogP contribution in [0.4, 0.5) is 0 Å². The Morgan fingerprint density at radius 2 is 1.88 bits per heavy atom. The smallest absolute Gasteiger partial charge is 0.240 e. The van der Waals surface area contributed by atoms with Crippen LogP contribution in [0, 0.1) is 30.6 Å². The standard InChI is InChI=1S/C28H37N3O/c1-19(2)17-31-18-23-14-28(27(32)29-15-22-11-9-20(3)10-12-22)25(26(31)24(23)16-30-28)13-21-7-5-4-6-8-21/h4-12,19,23-26,30H,13-18H2,1-3H3,(H,29,32). The van der Waals surface area contributed by atoms with Gasteiger partial charge < -0.3 is 10.6 Å². The van der Waals surface area contributed by atoms with E-state index in [4.69, 9.17) is 0 Å². The van der Waals surface area contributed by atoms with Crippen molar-refractivity contribution in [1.29, 1.82) is 0 Å². The van der Waals surface area contributed by atoms with E-state index in [2.05, 4.69) is 90.9 Å². The summed E-state index contributed by atoms with van der Waals surface area (Å²) in [5.74, 6) is 2.41. The largest absolute Gasteiger partial charge is 0.350 e. The summed E-state index contributed by atoms with van der Waals surface area (Å²) >= 11 is 0. The van der Waals surface area contributed by atoms with E-state index < -0.39 is 5.54 Å². The van der Waals surface area contributed by atoms with E-state index in [1.807, 2.05) is 0 Å². The van der Waals surface area contributed by atoms with Gasteiger partial charge in [-0.1, -0.05) is 74.0 Å². The molecule has 3 aliphatic heterocycles.